The van der Waals surface area contributed by atoms with E-state index in [9.17, 15) is 4.79 Å². The molecule has 0 saturated carbocycles. The molecule has 138 valence electrons. The molecule has 0 spiro atoms. The van der Waals surface area contributed by atoms with Crippen molar-refractivity contribution >= 4 is 5.91 Å². The van der Waals surface area contributed by atoms with Crippen molar-refractivity contribution in [1.29, 1.82) is 0 Å². The molecule has 1 atom stereocenters. The average molecular weight is 356 g/mol. The number of imidazole rings is 1. The number of morpholine rings is 1. The Balaban J connectivity index is 1.43. The van der Waals surface area contributed by atoms with Crippen LogP contribution in [0.5, 0.6) is 5.75 Å². The largest absolute Gasteiger partial charge is 0.497 e. The van der Waals surface area contributed by atoms with Crippen LogP contribution >= 0.6 is 0 Å². The minimum absolute atomic E-state index is 0.0192. The Morgan fingerprint density at radius 2 is 2.23 bits per heavy atom. The smallest absolute Gasteiger partial charge is 0.225 e. The molecular weight excluding hydrogens is 332 g/mol. The van der Waals surface area contributed by atoms with Crippen molar-refractivity contribution in [1.82, 2.24) is 20.2 Å². The summed E-state index contributed by atoms with van der Waals surface area (Å²) in [5.74, 6) is 1.80. The highest BCUT2D eigenvalue weighted by atomic mass is 16.5. The van der Waals surface area contributed by atoms with E-state index in [4.69, 9.17) is 14.5 Å². The summed E-state index contributed by atoms with van der Waals surface area (Å²) < 4.78 is 10.8. The first-order chi connectivity index (χ1) is 12.7. The second kappa shape index (κ2) is 7.47. The molecule has 1 aromatic heterocycles. The first-order valence-corrected chi connectivity index (χ1v) is 9.05. The van der Waals surface area contributed by atoms with Gasteiger partial charge in [0, 0.05) is 31.6 Å². The van der Waals surface area contributed by atoms with Gasteiger partial charge in [-0.1, -0.05) is 0 Å². The number of hydrogen-bond acceptors (Lipinski definition) is 5. The van der Waals surface area contributed by atoms with E-state index in [0.717, 1.165) is 48.0 Å². The molecule has 2 aliphatic rings. The molecule has 26 heavy (non-hydrogen) atoms. The summed E-state index contributed by atoms with van der Waals surface area (Å²) in [5.41, 5.74) is 3.09. The Morgan fingerprint density at radius 1 is 1.38 bits per heavy atom. The first-order valence-electron chi connectivity index (χ1n) is 9.05. The number of carbonyl (C=O) groups excluding carboxylic acids is 1. The van der Waals surface area contributed by atoms with Gasteiger partial charge in [-0.25, -0.2) is 4.98 Å². The van der Waals surface area contributed by atoms with E-state index in [2.05, 4.69) is 10.3 Å². The summed E-state index contributed by atoms with van der Waals surface area (Å²) in [6, 6.07) is 7.81. The van der Waals surface area contributed by atoms with Crippen LogP contribution in [0.4, 0.5) is 0 Å². The summed E-state index contributed by atoms with van der Waals surface area (Å²) in [6.45, 7) is 3.57. The number of nitrogens with one attached hydrogen (secondary N) is 2. The van der Waals surface area contributed by atoms with Gasteiger partial charge >= 0.3 is 0 Å². The molecule has 1 saturated heterocycles. The highest BCUT2D eigenvalue weighted by molar-refractivity contribution is 5.77. The Hall–Kier alpha value is -2.38. The number of carbonyl (C=O) groups is 1. The zero-order chi connectivity index (χ0) is 17.9. The fourth-order valence-corrected chi connectivity index (χ4v) is 3.47. The monoisotopic (exact) mass is 356 g/mol. The van der Waals surface area contributed by atoms with Gasteiger partial charge in [-0.3, -0.25) is 4.79 Å². The lowest BCUT2D eigenvalue weighted by atomic mass is 10.1. The second-order valence-electron chi connectivity index (χ2n) is 6.71. The topological polar surface area (TPSA) is 79.5 Å². The third kappa shape index (κ3) is 3.59. The van der Waals surface area contributed by atoms with Crippen LogP contribution in [0.2, 0.25) is 0 Å². The van der Waals surface area contributed by atoms with Crippen LogP contribution in [0.3, 0.4) is 0 Å². The van der Waals surface area contributed by atoms with Crippen molar-refractivity contribution in [3.63, 3.8) is 0 Å². The first kappa shape index (κ1) is 17.1. The molecule has 0 unspecified atom stereocenters. The van der Waals surface area contributed by atoms with Gasteiger partial charge in [-0.2, -0.15) is 0 Å². The standard InChI is InChI=1S/C19H24N4O3/c1-25-14-4-2-13(3-5-14)19-21-16-6-8-23(12-17(16)22-19)18(24)10-15-11-20-7-9-26-15/h2-5,15,20H,6-12H2,1H3,(H,21,22)/t15-/m1/s1. The lowest BCUT2D eigenvalue weighted by molar-refractivity contribution is -0.135. The van der Waals surface area contributed by atoms with Gasteiger partial charge in [0.05, 0.1) is 44.2 Å². The van der Waals surface area contributed by atoms with Gasteiger partial charge in [0.2, 0.25) is 5.91 Å². The number of benzene rings is 1. The van der Waals surface area contributed by atoms with Crippen molar-refractivity contribution in [2.24, 2.45) is 0 Å². The fraction of sp³-hybridized carbons (Fsp3) is 0.474. The maximum atomic E-state index is 12.6. The van der Waals surface area contributed by atoms with Gasteiger partial charge in [-0.15, -0.1) is 0 Å². The number of ether oxygens (including phenoxy) is 2. The molecule has 1 amide bonds. The van der Waals surface area contributed by atoms with Crippen molar-refractivity contribution in [3.05, 3.63) is 35.7 Å². The minimum atomic E-state index is -0.0192. The molecule has 2 aromatic rings. The van der Waals surface area contributed by atoms with Crippen LogP contribution < -0.4 is 10.1 Å². The number of aromatic amines is 1. The maximum absolute atomic E-state index is 12.6. The van der Waals surface area contributed by atoms with E-state index < -0.39 is 0 Å². The second-order valence-corrected chi connectivity index (χ2v) is 6.71. The third-order valence-electron chi connectivity index (χ3n) is 4.95. The van der Waals surface area contributed by atoms with Crippen LogP contribution in [-0.4, -0.2) is 60.2 Å². The molecule has 7 nitrogen and oxygen atoms in total. The molecule has 0 aliphatic carbocycles. The van der Waals surface area contributed by atoms with Crippen LogP contribution in [0.15, 0.2) is 24.3 Å². The van der Waals surface area contributed by atoms with Crippen molar-refractivity contribution in [2.75, 3.05) is 33.4 Å². The number of hydrogen-bond donors (Lipinski definition) is 2. The molecule has 0 bridgehead atoms. The number of aromatic nitrogens is 2. The van der Waals surface area contributed by atoms with Gasteiger partial charge in [0.25, 0.3) is 0 Å². The minimum Gasteiger partial charge on any atom is -0.497 e. The molecule has 2 aliphatic heterocycles. The summed E-state index contributed by atoms with van der Waals surface area (Å²) in [6.07, 6.45) is 1.19. The van der Waals surface area contributed by atoms with E-state index in [1.54, 1.807) is 7.11 Å². The molecule has 1 aromatic carbocycles. The molecular formula is C19H24N4O3. The molecule has 2 N–H and O–H groups in total. The number of nitrogens with zero attached hydrogens (tertiary/aromatic N) is 2. The van der Waals surface area contributed by atoms with Gasteiger partial charge in [0.1, 0.15) is 11.6 Å². The predicted octanol–water partition coefficient (Wildman–Crippen LogP) is 1.35. The quantitative estimate of drug-likeness (QED) is 0.864. The van der Waals surface area contributed by atoms with E-state index in [1.807, 2.05) is 29.2 Å². The Labute approximate surface area is 152 Å². The predicted molar refractivity (Wildman–Crippen MR) is 96.9 cm³/mol. The molecule has 4 rings (SSSR count). The van der Waals surface area contributed by atoms with E-state index in [-0.39, 0.29) is 12.0 Å². The summed E-state index contributed by atoms with van der Waals surface area (Å²) >= 11 is 0. The van der Waals surface area contributed by atoms with Crippen molar-refractivity contribution in [2.45, 2.75) is 25.5 Å². The molecule has 7 heteroatoms. The van der Waals surface area contributed by atoms with E-state index in [0.29, 0.717) is 26.1 Å². The zero-order valence-corrected chi connectivity index (χ0v) is 15.0. The van der Waals surface area contributed by atoms with Gasteiger partial charge in [0.15, 0.2) is 0 Å². The molecule has 1 fully saturated rings. The average Bonchev–Trinajstić information content (AvgIpc) is 3.12. The SMILES string of the molecule is COc1ccc(-c2nc3c([nH]2)CN(C(=O)C[C@@H]2CNCCO2)CC3)cc1. The Morgan fingerprint density at radius 3 is 2.96 bits per heavy atom. The van der Waals surface area contributed by atoms with E-state index in [1.165, 1.54) is 0 Å². The third-order valence-corrected chi connectivity index (χ3v) is 4.95. The summed E-state index contributed by atoms with van der Waals surface area (Å²) in [4.78, 5) is 22.6. The van der Waals surface area contributed by atoms with Crippen molar-refractivity contribution in [3.8, 4) is 17.1 Å². The highest BCUT2D eigenvalue weighted by Crippen LogP contribution is 2.25. The van der Waals surface area contributed by atoms with Crippen LogP contribution in [0, 0.1) is 0 Å². The molecule has 0 radical (unpaired) electrons. The number of rotatable bonds is 4. The zero-order valence-electron chi connectivity index (χ0n) is 15.0. The number of fused-ring (bicyclic) bond motifs is 1. The number of methoxy groups -OCH3 is 1. The Bertz CT molecular complexity index is 766. The van der Waals surface area contributed by atoms with Crippen LogP contribution in [0.25, 0.3) is 11.4 Å². The van der Waals surface area contributed by atoms with Crippen molar-refractivity contribution < 1.29 is 14.3 Å². The maximum Gasteiger partial charge on any atom is 0.225 e. The van der Waals surface area contributed by atoms with Gasteiger partial charge in [-0.05, 0) is 24.3 Å². The van der Waals surface area contributed by atoms with Crippen LogP contribution in [-0.2, 0) is 22.5 Å². The van der Waals surface area contributed by atoms with Crippen LogP contribution in [0.1, 0.15) is 17.8 Å². The van der Waals surface area contributed by atoms with E-state index >= 15 is 0 Å². The highest BCUT2D eigenvalue weighted by Gasteiger charge is 2.26. The molecule has 3 heterocycles. The summed E-state index contributed by atoms with van der Waals surface area (Å²) in [5, 5.41) is 3.27. The Kier molecular flexibility index (Phi) is 4.90. The lowest BCUT2D eigenvalue weighted by Gasteiger charge is -2.29. The normalized spacial score (nSPS) is 19.9. The van der Waals surface area contributed by atoms with Gasteiger partial charge < -0.3 is 24.7 Å². The fourth-order valence-electron chi connectivity index (χ4n) is 3.47. The number of amides is 1. The number of H-pyrrole nitrogens is 1. The summed E-state index contributed by atoms with van der Waals surface area (Å²) in [7, 11) is 1.65. The lowest BCUT2D eigenvalue weighted by Crippen LogP contribution is -2.43.